The largest absolute Gasteiger partial charge is 0.367 e. The Balaban J connectivity index is 1.32. The van der Waals surface area contributed by atoms with Crippen molar-refractivity contribution >= 4 is 22.8 Å². The molecule has 2 saturated carbocycles. The summed E-state index contributed by atoms with van der Waals surface area (Å²) in [4.78, 5) is 19.1. The highest BCUT2D eigenvalue weighted by molar-refractivity contribution is 6.30. The molecule has 3 aromatic heterocycles. The molecule has 5 heterocycles. The number of hydrogen-bond acceptors (Lipinski definition) is 6. The van der Waals surface area contributed by atoms with Crippen LogP contribution >= 0.6 is 11.6 Å². The Hall–Kier alpha value is -2.97. The van der Waals surface area contributed by atoms with Gasteiger partial charge in [-0.05, 0) is 57.7 Å². The van der Waals surface area contributed by atoms with Crippen LogP contribution in [0, 0.1) is 19.7 Å². The van der Waals surface area contributed by atoms with E-state index in [1.54, 1.807) is 12.1 Å². The first-order valence-electron chi connectivity index (χ1n) is 12.1. The summed E-state index contributed by atoms with van der Waals surface area (Å²) in [5.74, 6) is 0.280. The maximum Gasteiger partial charge on any atom is 0.182 e. The van der Waals surface area contributed by atoms with Gasteiger partial charge in [0, 0.05) is 34.7 Å². The predicted molar refractivity (Wildman–Crippen MR) is 129 cm³/mol. The molecular formula is C26H24ClFN6O. The summed E-state index contributed by atoms with van der Waals surface area (Å²) in [7, 11) is 0. The fraction of sp³-hybridized carbons (Fsp3) is 0.423. The van der Waals surface area contributed by atoms with Gasteiger partial charge in [-0.3, -0.25) is 4.68 Å². The molecule has 0 radical (unpaired) electrons. The number of fused-ring (bicyclic) bond motifs is 3. The van der Waals surface area contributed by atoms with Crippen LogP contribution in [0.15, 0.2) is 30.6 Å². The predicted octanol–water partition coefficient (Wildman–Crippen LogP) is 5.59. The van der Waals surface area contributed by atoms with Crippen molar-refractivity contribution in [2.75, 3.05) is 0 Å². The Morgan fingerprint density at radius 3 is 2.66 bits per heavy atom. The first-order chi connectivity index (χ1) is 16.9. The van der Waals surface area contributed by atoms with Gasteiger partial charge in [-0.15, -0.1) is 0 Å². The summed E-state index contributed by atoms with van der Waals surface area (Å²) in [6, 6.07) is 5.14. The van der Waals surface area contributed by atoms with E-state index >= 15 is 4.39 Å². The molecule has 178 valence electrons. The average molecular weight is 491 g/mol. The Morgan fingerprint density at radius 2 is 1.89 bits per heavy atom. The SMILES string of the molecule is Cc1nc2nc([C@H]3CC4C[C@@](c5cnn(C6CC6)c5)(C3)O4)nc(-c3ccc(Cl)cc3F)c2nc1C. The molecule has 4 fully saturated rings. The zero-order valence-corrected chi connectivity index (χ0v) is 20.3. The van der Waals surface area contributed by atoms with E-state index < -0.39 is 5.82 Å². The number of aryl methyl sites for hydroxylation is 2. The van der Waals surface area contributed by atoms with Crippen molar-refractivity contribution < 1.29 is 9.13 Å². The van der Waals surface area contributed by atoms with Gasteiger partial charge in [0.05, 0.1) is 35.3 Å². The van der Waals surface area contributed by atoms with E-state index in [0.29, 0.717) is 39.3 Å². The van der Waals surface area contributed by atoms with Crippen LogP contribution < -0.4 is 0 Å². The molecule has 2 bridgehead atoms. The van der Waals surface area contributed by atoms with Crippen molar-refractivity contribution in [3.05, 3.63) is 64.2 Å². The van der Waals surface area contributed by atoms with E-state index in [1.807, 2.05) is 20.0 Å². The van der Waals surface area contributed by atoms with E-state index in [2.05, 4.69) is 21.0 Å². The van der Waals surface area contributed by atoms with Crippen LogP contribution in [0.5, 0.6) is 0 Å². The number of rotatable bonds is 4. The summed E-state index contributed by atoms with van der Waals surface area (Å²) < 4.78 is 23.5. The molecule has 0 amide bonds. The molecular weight excluding hydrogens is 467 g/mol. The average Bonchev–Trinajstić information content (AvgIpc) is 3.55. The molecule has 7 nitrogen and oxygen atoms in total. The van der Waals surface area contributed by atoms with Gasteiger partial charge in [-0.1, -0.05) is 11.6 Å². The fourth-order valence-corrected chi connectivity index (χ4v) is 5.69. The summed E-state index contributed by atoms with van der Waals surface area (Å²) in [6.07, 6.45) is 9.18. The minimum absolute atomic E-state index is 0.0636. The number of nitrogens with zero attached hydrogens (tertiary/aromatic N) is 6. The second kappa shape index (κ2) is 7.51. The lowest BCUT2D eigenvalue weighted by Crippen LogP contribution is -2.53. The molecule has 0 spiro atoms. The highest BCUT2D eigenvalue weighted by atomic mass is 35.5. The summed E-state index contributed by atoms with van der Waals surface area (Å²) >= 11 is 6.02. The smallest absolute Gasteiger partial charge is 0.182 e. The van der Waals surface area contributed by atoms with Gasteiger partial charge in [-0.25, -0.2) is 24.3 Å². The highest BCUT2D eigenvalue weighted by Gasteiger charge is 2.54. The van der Waals surface area contributed by atoms with Crippen molar-refractivity contribution in [3.63, 3.8) is 0 Å². The van der Waals surface area contributed by atoms with Crippen LogP contribution in [-0.4, -0.2) is 35.8 Å². The third kappa shape index (κ3) is 3.45. The quantitative estimate of drug-likeness (QED) is 0.371. The van der Waals surface area contributed by atoms with Crippen LogP contribution in [-0.2, 0) is 10.3 Å². The molecule has 2 saturated heterocycles. The Labute approximate surface area is 206 Å². The molecule has 9 heteroatoms. The van der Waals surface area contributed by atoms with Gasteiger partial charge in [-0.2, -0.15) is 5.10 Å². The van der Waals surface area contributed by atoms with Gasteiger partial charge in [0.15, 0.2) is 5.65 Å². The number of ether oxygens (including phenoxy) is 1. The van der Waals surface area contributed by atoms with E-state index in [4.69, 9.17) is 31.3 Å². The molecule has 2 aliphatic carbocycles. The van der Waals surface area contributed by atoms with Crippen molar-refractivity contribution in [2.24, 2.45) is 0 Å². The molecule has 8 rings (SSSR count). The summed E-state index contributed by atoms with van der Waals surface area (Å²) in [5.41, 5.74) is 4.10. The standard InChI is InChI=1S/C26H24ClFN6O/c1-13-14(2)31-25-23(30-13)22(20-6-3-17(27)8-21(20)28)32-24(33-25)15-7-19-10-26(9-15,35-19)16-11-29-34(12-16)18-4-5-18/h3,6,8,11-12,15,18-19H,4-5,7,9-10H2,1-2H3/t15-,19?,26+/m0/s1. The van der Waals surface area contributed by atoms with Gasteiger partial charge in [0.25, 0.3) is 0 Å². The normalized spacial score (nSPS) is 25.6. The molecule has 0 N–H and O–H groups in total. The van der Waals surface area contributed by atoms with Gasteiger partial charge in [0.1, 0.15) is 22.9 Å². The minimum Gasteiger partial charge on any atom is -0.367 e. The van der Waals surface area contributed by atoms with Crippen LogP contribution in [0.4, 0.5) is 4.39 Å². The van der Waals surface area contributed by atoms with E-state index in [1.165, 1.54) is 18.9 Å². The minimum atomic E-state index is -0.442. The van der Waals surface area contributed by atoms with Gasteiger partial charge >= 0.3 is 0 Å². The van der Waals surface area contributed by atoms with Crippen molar-refractivity contribution in [3.8, 4) is 11.3 Å². The topological polar surface area (TPSA) is 78.6 Å². The molecule has 3 atom stereocenters. The van der Waals surface area contributed by atoms with Crippen molar-refractivity contribution in [1.82, 2.24) is 29.7 Å². The number of aromatic nitrogens is 6. The fourth-order valence-electron chi connectivity index (χ4n) is 5.53. The van der Waals surface area contributed by atoms with Crippen molar-refractivity contribution in [1.29, 1.82) is 0 Å². The first-order valence-corrected chi connectivity index (χ1v) is 12.5. The van der Waals surface area contributed by atoms with Crippen LogP contribution in [0.3, 0.4) is 0 Å². The molecule has 35 heavy (non-hydrogen) atoms. The lowest BCUT2D eigenvalue weighted by molar-refractivity contribution is -0.249. The molecule has 1 unspecified atom stereocenters. The van der Waals surface area contributed by atoms with Gasteiger partial charge < -0.3 is 4.74 Å². The van der Waals surface area contributed by atoms with Crippen LogP contribution in [0.25, 0.3) is 22.4 Å². The summed E-state index contributed by atoms with van der Waals surface area (Å²) in [6.45, 7) is 3.79. The second-order valence-electron chi connectivity index (χ2n) is 10.1. The third-order valence-electron chi connectivity index (χ3n) is 7.63. The van der Waals surface area contributed by atoms with Crippen molar-refractivity contribution in [2.45, 2.75) is 69.6 Å². The lowest BCUT2D eigenvalue weighted by atomic mass is 9.68. The molecule has 4 aliphatic rings. The van der Waals surface area contributed by atoms with Crippen LogP contribution in [0.2, 0.25) is 5.02 Å². The number of benzene rings is 1. The Bertz CT molecular complexity index is 1490. The van der Waals surface area contributed by atoms with Gasteiger partial charge in [0.2, 0.25) is 0 Å². The highest BCUT2D eigenvalue weighted by Crippen LogP contribution is 2.56. The number of hydrogen-bond donors (Lipinski definition) is 0. The first kappa shape index (κ1) is 21.3. The molecule has 4 aromatic rings. The maximum absolute atomic E-state index is 15.0. The van der Waals surface area contributed by atoms with E-state index in [0.717, 1.165) is 36.2 Å². The monoisotopic (exact) mass is 490 g/mol. The third-order valence-corrected chi connectivity index (χ3v) is 7.87. The zero-order valence-electron chi connectivity index (χ0n) is 19.5. The van der Waals surface area contributed by atoms with Crippen LogP contribution in [0.1, 0.15) is 66.8 Å². The Morgan fingerprint density at radius 1 is 1.09 bits per heavy atom. The Kier molecular flexibility index (Phi) is 4.58. The van der Waals surface area contributed by atoms with E-state index in [9.17, 15) is 0 Å². The number of halogens is 2. The molecule has 1 aromatic carbocycles. The molecule has 2 aliphatic heterocycles. The zero-order chi connectivity index (χ0) is 23.9. The summed E-state index contributed by atoms with van der Waals surface area (Å²) in [5, 5.41) is 4.92. The van der Waals surface area contributed by atoms with E-state index in [-0.39, 0.29) is 17.6 Å². The second-order valence-corrected chi connectivity index (χ2v) is 10.6. The maximum atomic E-state index is 15.0. The lowest BCUT2D eigenvalue weighted by Gasteiger charge is -2.54.